The molecule has 34 heavy (non-hydrogen) atoms. The second kappa shape index (κ2) is 9.03. The van der Waals surface area contributed by atoms with Gasteiger partial charge in [-0.15, -0.1) is 11.8 Å². The first-order chi connectivity index (χ1) is 16.6. The summed E-state index contributed by atoms with van der Waals surface area (Å²) in [5.41, 5.74) is 1.81. The number of nitrogens with one attached hydrogen (secondary N) is 1. The molecule has 7 rings (SSSR count). The highest BCUT2D eigenvalue weighted by Crippen LogP contribution is 2.60. The highest BCUT2D eigenvalue weighted by Gasteiger charge is 2.56. The van der Waals surface area contributed by atoms with Gasteiger partial charge in [-0.05, 0) is 105 Å². The Morgan fingerprint density at radius 3 is 2.38 bits per heavy atom. The van der Waals surface area contributed by atoms with Crippen LogP contribution in [0.2, 0.25) is 0 Å². The van der Waals surface area contributed by atoms with Crippen molar-refractivity contribution in [3.05, 3.63) is 54.4 Å². The van der Waals surface area contributed by atoms with Gasteiger partial charge in [0, 0.05) is 35.3 Å². The topological polar surface area (TPSA) is 62.3 Å². The minimum atomic E-state index is -0.333. The SMILES string of the molecule is O=C(Nc1ccc(SCc2cccnc2)cc1)[C@H]1CCCN1C(=O)C12CC3CC(CC(C3)C1)C2. The third-order valence-electron chi connectivity index (χ3n) is 8.56. The number of hydrogen-bond donors (Lipinski definition) is 1. The lowest BCUT2D eigenvalue weighted by atomic mass is 9.49. The molecule has 1 aromatic carbocycles. The van der Waals surface area contributed by atoms with Crippen LogP contribution in [-0.2, 0) is 15.3 Å². The summed E-state index contributed by atoms with van der Waals surface area (Å²) in [5, 5.41) is 3.09. The molecule has 4 saturated carbocycles. The molecule has 1 N–H and O–H groups in total. The number of rotatable bonds is 6. The quantitative estimate of drug-likeness (QED) is 0.559. The molecule has 1 atom stereocenters. The summed E-state index contributed by atoms with van der Waals surface area (Å²) >= 11 is 1.75. The molecule has 5 fully saturated rings. The van der Waals surface area contributed by atoms with Crippen molar-refractivity contribution in [3.63, 3.8) is 0 Å². The van der Waals surface area contributed by atoms with Crippen molar-refractivity contribution in [2.24, 2.45) is 23.2 Å². The molecule has 4 aliphatic carbocycles. The average Bonchev–Trinajstić information content (AvgIpc) is 3.33. The van der Waals surface area contributed by atoms with Gasteiger partial charge < -0.3 is 10.2 Å². The van der Waals surface area contributed by atoms with Crippen LogP contribution >= 0.6 is 11.8 Å². The number of thioether (sulfide) groups is 1. The molecule has 0 spiro atoms. The van der Waals surface area contributed by atoms with Crippen LogP contribution in [0, 0.1) is 23.2 Å². The molecule has 1 saturated heterocycles. The normalized spacial score (nSPS) is 31.6. The predicted molar refractivity (Wildman–Crippen MR) is 134 cm³/mol. The van der Waals surface area contributed by atoms with Crippen LogP contribution in [-0.4, -0.2) is 34.3 Å². The summed E-state index contributed by atoms with van der Waals surface area (Å²) in [6, 6.07) is 11.7. The number of likely N-dealkylation sites (tertiary alicyclic amines) is 1. The molecular formula is C28H33N3O2S. The number of amides is 2. The van der Waals surface area contributed by atoms with Crippen LogP contribution in [0.25, 0.3) is 0 Å². The summed E-state index contributed by atoms with van der Waals surface area (Å²) in [6.45, 7) is 0.725. The van der Waals surface area contributed by atoms with Gasteiger partial charge in [0.15, 0.2) is 0 Å². The Hall–Kier alpha value is -2.34. The van der Waals surface area contributed by atoms with Gasteiger partial charge >= 0.3 is 0 Å². The number of pyridine rings is 1. The first-order valence-electron chi connectivity index (χ1n) is 12.8. The molecule has 5 nitrogen and oxygen atoms in total. The average molecular weight is 476 g/mol. The molecular weight excluding hydrogens is 442 g/mol. The molecule has 0 unspecified atom stereocenters. The van der Waals surface area contributed by atoms with Crippen LogP contribution in [0.1, 0.15) is 56.9 Å². The molecule has 6 heteroatoms. The van der Waals surface area contributed by atoms with Crippen molar-refractivity contribution >= 4 is 29.3 Å². The van der Waals surface area contributed by atoms with Crippen molar-refractivity contribution in [3.8, 4) is 0 Å². The largest absolute Gasteiger partial charge is 0.330 e. The van der Waals surface area contributed by atoms with E-state index in [0.717, 1.165) is 72.7 Å². The molecule has 5 aliphatic rings. The van der Waals surface area contributed by atoms with E-state index < -0.39 is 0 Å². The maximum absolute atomic E-state index is 13.8. The zero-order valence-electron chi connectivity index (χ0n) is 19.6. The van der Waals surface area contributed by atoms with E-state index >= 15 is 0 Å². The van der Waals surface area contributed by atoms with Gasteiger partial charge in [-0.25, -0.2) is 0 Å². The van der Waals surface area contributed by atoms with E-state index in [-0.39, 0.29) is 23.3 Å². The Labute approximate surface area is 206 Å². The molecule has 1 aliphatic heterocycles. The standard InChI is InChI=1S/C28H33N3O2S/c32-26(30-23-5-7-24(8-6-23)34-18-19-3-1-9-29-17-19)25-4-2-10-31(25)27(33)28-14-20-11-21(15-28)13-22(12-20)16-28/h1,3,5-9,17,20-22,25H,2,4,10-16,18H2,(H,30,32)/t20?,21?,22?,25-,28?/m1/s1. The monoisotopic (exact) mass is 475 g/mol. The van der Waals surface area contributed by atoms with Crippen molar-refractivity contribution in [2.45, 2.75) is 68.1 Å². The highest BCUT2D eigenvalue weighted by atomic mass is 32.2. The van der Waals surface area contributed by atoms with E-state index in [1.165, 1.54) is 24.8 Å². The lowest BCUT2D eigenvalue weighted by Crippen LogP contribution is -2.56. The van der Waals surface area contributed by atoms with Crippen LogP contribution in [0.4, 0.5) is 5.69 Å². The number of hydrogen-bond acceptors (Lipinski definition) is 4. The first kappa shape index (κ1) is 22.1. The summed E-state index contributed by atoms with van der Waals surface area (Å²) in [6.07, 6.45) is 12.5. The molecule has 4 bridgehead atoms. The Balaban J connectivity index is 1.09. The van der Waals surface area contributed by atoms with Gasteiger partial charge in [0.1, 0.15) is 6.04 Å². The number of anilines is 1. The maximum atomic E-state index is 13.8. The Bertz CT molecular complexity index is 1020. The zero-order chi connectivity index (χ0) is 23.1. The van der Waals surface area contributed by atoms with Gasteiger partial charge in [0.25, 0.3) is 0 Å². The van der Waals surface area contributed by atoms with E-state index in [9.17, 15) is 9.59 Å². The van der Waals surface area contributed by atoms with Crippen molar-refractivity contribution < 1.29 is 9.59 Å². The molecule has 0 radical (unpaired) electrons. The van der Waals surface area contributed by atoms with Crippen molar-refractivity contribution in [1.82, 2.24) is 9.88 Å². The number of carbonyl (C=O) groups excluding carboxylic acids is 2. The summed E-state index contributed by atoms with van der Waals surface area (Å²) in [5.74, 6) is 3.32. The van der Waals surface area contributed by atoms with Gasteiger partial charge in [0.2, 0.25) is 11.8 Å². The van der Waals surface area contributed by atoms with Crippen molar-refractivity contribution in [2.75, 3.05) is 11.9 Å². The second-order valence-corrected chi connectivity index (χ2v) is 12.1. The van der Waals surface area contributed by atoms with Crippen LogP contribution < -0.4 is 5.32 Å². The minimum Gasteiger partial charge on any atom is -0.330 e. The van der Waals surface area contributed by atoms with Crippen LogP contribution in [0.5, 0.6) is 0 Å². The van der Waals surface area contributed by atoms with Gasteiger partial charge in [-0.3, -0.25) is 14.6 Å². The third-order valence-corrected chi connectivity index (χ3v) is 9.64. The van der Waals surface area contributed by atoms with E-state index in [2.05, 4.69) is 16.4 Å². The maximum Gasteiger partial charge on any atom is 0.247 e. The molecule has 178 valence electrons. The fourth-order valence-electron chi connectivity index (χ4n) is 7.47. The predicted octanol–water partition coefficient (Wildman–Crippen LogP) is 5.52. The third kappa shape index (κ3) is 4.26. The number of carbonyl (C=O) groups is 2. The summed E-state index contributed by atoms with van der Waals surface area (Å²) in [4.78, 5) is 34.3. The number of aromatic nitrogens is 1. The van der Waals surface area contributed by atoms with Gasteiger partial charge in [-0.2, -0.15) is 0 Å². The molecule has 2 aromatic rings. The number of nitrogens with zero attached hydrogens (tertiary/aromatic N) is 2. The first-order valence-corrected chi connectivity index (χ1v) is 13.8. The minimum absolute atomic E-state index is 0.0358. The Morgan fingerprint density at radius 1 is 1.03 bits per heavy atom. The van der Waals surface area contributed by atoms with Gasteiger partial charge in [0.05, 0.1) is 5.41 Å². The van der Waals surface area contributed by atoms with Crippen LogP contribution in [0.3, 0.4) is 0 Å². The van der Waals surface area contributed by atoms with Crippen LogP contribution in [0.15, 0.2) is 53.7 Å². The van der Waals surface area contributed by atoms with E-state index in [1.807, 2.05) is 41.4 Å². The Morgan fingerprint density at radius 2 is 1.74 bits per heavy atom. The molecule has 1 aromatic heterocycles. The number of benzene rings is 1. The van der Waals surface area contributed by atoms with E-state index in [0.29, 0.717) is 0 Å². The molecule has 2 amide bonds. The highest BCUT2D eigenvalue weighted by molar-refractivity contribution is 7.98. The fraction of sp³-hybridized carbons (Fsp3) is 0.536. The fourth-order valence-corrected chi connectivity index (χ4v) is 8.30. The lowest BCUT2D eigenvalue weighted by Gasteiger charge is -2.56. The van der Waals surface area contributed by atoms with Gasteiger partial charge in [-0.1, -0.05) is 6.07 Å². The zero-order valence-corrected chi connectivity index (χ0v) is 20.4. The van der Waals surface area contributed by atoms with E-state index in [4.69, 9.17) is 0 Å². The summed E-state index contributed by atoms with van der Waals surface area (Å²) < 4.78 is 0. The second-order valence-electron chi connectivity index (χ2n) is 11.0. The Kier molecular flexibility index (Phi) is 5.88. The lowest BCUT2D eigenvalue weighted by molar-refractivity contribution is -0.160. The smallest absolute Gasteiger partial charge is 0.247 e. The summed E-state index contributed by atoms with van der Waals surface area (Å²) in [7, 11) is 0. The van der Waals surface area contributed by atoms with E-state index in [1.54, 1.807) is 18.0 Å². The molecule has 2 heterocycles. The van der Waals surface area contributed by atoms with Crippen molar-refractivity contribution in [1.29, 1.82) is 0 Å².